The van der Waals surface area contributed by atoms with Crippen LogP contribution in [0.3, 0.4) is 0 Å². The van der Waals surface area contributed by atoms with E-state index in [4.69, 9.17) is 0 Å². The number of aryl methyl sites for hydroxylation is 1. The van der Waals surface area contributed by atoms with Crippen molar-refractivity contribution in [2.24, 2.45) is 13.0 Å². The second kappa shape index (κ2) is 4.36. The van der Waals surface area contributed by atoms with Crippen LogP contribution in [0.1, 0.15) is 12.8 Å². The van der Waals surface area contributed by atoms with Crippen molar-refractivity contribution in [2.45, 2.75) is 12.8 Å². The Bertz CT molecular complexity index is 277. The van der Waals surface area contributed by atoms with Crippen molar-refractivity contribution < 1.29 is 0 Å². The highest BCUT2D eigenvalue weighted by Crippen LogP contribution is 2.10. The Kier molecular flexibility index (Phi) is 2.93. The Morgan fingerprint density at radius 3 is 3.21 bits per heavy atom. The summed E-state index contributed by atoms with van der Waals surface area (Å²) in [6.07, 6.45) is 2.55. The standard InChI is InChI=1S/C8H16N6/c1-14-8(11-12-13-14)10-6-7-3-2-4-9-5-7/h7,9H,2-6H2,1H3,(H,10,11,13). The topological polar surface area (TPSA) is 67.7 Å². The molecular formula is C8H16N6. The first kappa shape index (κ1) is 9.39. The maximum atomic E-state index is 3.87. The predicted octanol–water partition coefficient (Wildman–Crippen LogP) is -0.378. The van der Waals surface area contributed by atoms with E-state index in [9.17, 15) is 0 Å². The minimum Gasteiger partial charge on any atom is -0.353 e. The minimum absolute atomic E-state index is 0.695. The molecule has 0 bridgehead atoms. The Balaban J connectivity index is 1.79. The van der Waals surface area contributed by atoms with E-state index in [0.29, 0.717) is 5.92 Å². The van der Waals surface area contributed by atoms with Gasteiger partial charge in [0.15, 0.2) is 0 Å². The van der Waals surface area contributed by atoms with Crippen molar-refractivity contribution in [3.63, 3.8) is 0 Å². The van der Waals surface area contributed by atoms with E-state index in [-0.39, 0.29) is 0 Å². The van der Waals surface area contributed by atoms with E-state index in [2.05, 4.69) is 26.2 Å². The van der Waals surface area contributed by atoms with Crippen LogP contribution in [0.2, 0.25) is 0 Å². The number of nitrogens with one attached hydrogen (secondary N) is 2. The first-order valence-electron chi connectivity index (χ1n) is 5.03. The van der Waals surface area contributed by atoms with Crippen molar-refractivity contribution in [1.29, 1.82) is 0 Å². The lowest BCUT2D eigenvalue weighted by atomic mass is 10.00. The largest absolute Gasteiger partial charge is 0.353 e. The van der Waals surface area contributed by atoms with Crippen molar-refractivity contribution in [3.05, 3.63) is 0 Å². The second-order valence-corrected chi connectivity index (χ2v) is 3.72. The quantitative estimate of drug-likeness (QED) is 0.690. The van der Waals surface area contributed by atoms with Gasteiger partial charge in [0.2, 0.25) is 5.95 Å². The van der Waals surface area contributed by atoms with Crippen LogP contribution in [-0.2, 0) is 7.05 Å². The zero-order chi connectivity index (χ0) is 9.80. The molecule has 1 saturated heterocycles. The van der Waals surface area contributed by atoms with Gasteiger partial charge in [-0.05, 0) is 42.3 Å². The number of nitrogens with zero attached hydrogens (tertiary/aromatic N) is 4. The van der Waals surface area contributed by atoms with Gasteiger partial charge in [-0.3, -0.25) is 0 Å². The predicted molar refractivity (Wildman–Crippen MR) is 52.9 cm³/mol. The molecule has 0 radical (unpaired) electrons. The number of tetrazole rings is 1. The number of hydrogen-bond donors (Lipinski definition) is 2. The number of aromatic nitrogens is 4. The highest BCUT2D eigenvalue weighted by molar-refractivity contribution is 5.20. The summed E-state index contributed by atoms with van der Waals surface area (Å²) in [7, 11) is 1.83. The van der Waals surface area contributed by atoms with E-state index in [1.54, 1.807) is 4.68 Å². The van der Waals surface area contributed by atoms with Crippen LogP contribution in [0.15, 0.2) is 0 Å². The number of piperidine rings is 1. The van der Waals surface area contributed by atoms with Gasteiger partial charge in [-0.15, -0.1) is 0 Å². The average Bonchev–Trinajstić information content (AvgIpc) is 2.63. The highest BCUT2D eigenvalue weighted by Gasteiger charge is 2.13. The van der Waals surface area contributed by atoms with Gasteiger partial charge in [-0.1, -0.05) is 5.10 Å². The number of hydrogen-bond acceptors (Lipinski definition) is 5. The first-order chi connectivity index (χ1) is 6.86. The van der Waals surface area contributed by atoms with Gasteiger partial charge in [0, 0.05) is 13.6 Å². The average molecular weight is 196 g/mol. The maximum Gasteiger partial charge on any atom is 0.242 e. The van der Waals surface area contributed by atoms with Crippen LogP contribution in [0.4, 0.5) is 5.95 Å². The van der Waals surface area contributed by atoms with Crippen molar-refractivity contribution >= 4 is 5.95 Å². The third-order valence-electron chi connectivity index (χ3n) is 2.57. The fourth-order valence-corrected chi connectivity index (χ4v) is 1.71. The zero-order valence-electron chi connectivity index (χ0n) is 8.40. The summed E-state index contributed by atoms with van der Waals surface area (Å²) in [5.74, 6) is 1.44. The highest BCUT2D eigenvalue weighted by atomic mass is 15.6. The molecule has 2 N–H and O–H groups in total. The van der Waals surface area contributed by atoms with E-state index in [1.807, 2.05) is 7.05 Å². The third kappa shape index (κ3) is 2.20. The molecule has 1 unspecified atom stereocenters. The van der Waals surface area contributed by atoms with Crippen molar-refractivity contribution in [3.8, 4) is 0 Å². The Labute approximate surface area is 83.1 Å². The molecule has 0 spiro atoms. The molecule has 1 fully saturated rings. The van der Waals surface area contributed by atoms with Gasteiger partial charge in [-0.25, -0.2) is 4.68 Å². The Hall–Kier alpha value is -1.17. The fourth-order valence-electron chi connectivity index (χ4n) is 1.71. The normalized spacial score (nSPS) is 22.2. The first-order valence-corrected chi connectivity index (χ1v) is 5.03. The van der Waals surface area contributed by atoms with Gasteiger partial charge in [0.1, 0.15) is 0 Å². The molecule has 0 aliphatic carbocycles. The lowest BCUT2D eigenvalue weighted by Crippen LogP contribution is -2.33. The summed E-state index contributed by atoms with van der Waals surface area (Å²) in [6, 6.07) is 0. The molecule has 0 amide bonds. The zero-order valence-corrected chi connectivity index (χ0v) is 8.40. The Morgan fingerprint density at radius 1 is 1.64 bits per heavy atom. The van der Waals surface area contributed by atoms with Gasteiger partial charge < -0.3 is 10.6 Å². The molecule has 1 aliphatic heterocycles. The summed E-state index contributed by atoms with van der Waals surface area (Å²) in [5.41, 5.74) is 0. The van der Waals surface area contributed by atoms with Crippen LogP contribution in [0, 0.1) is 5.92 Å². The van der Waals surface area contributed by atoms with Crippen LogP contribution in [-0.4, -0.2) is 39.8 Å². The molecule has 78 valence electrons. The van der Waals surface area contributed by atoms with Crippen molar-refractivity contribution in [2.75, 3.05) is 25.0 Å². The molecule has 6 nitrogen and oxygen atoms in total. The lowest BCUT2D eigenvalue weighted by molar-refractivity contribution is 0.392. The van der Waals surface area contributed by atoms with E-state index >= 15 is 0 Å². The molecule has 0 aromatic carbocycles. The molecule has 6 heteroatoms. The molecule has 0 saturated carbocycles. The van der Waals surface area contributed by atoms with Gasteiger partial charge in [-0.2, -0.15) is 0 Å². The molecule has 2 rings (SSSR count). The van der Waals surface area contributed by atoms with Crippen LogP contribution >= 0.6 is 0 Å². The SMILES string of the molecule is Cn1nnnc1NCC1CCCNC1. The lowest BCUT2D eigenvalue weighted by Gasteiger charge is -2.22. The number of anilines is 1. The van der Waals surface area contributed by atoms with Gasteiger partial charge >= 0.3 is 0 Å². The van der Waals surface area contributed by atoms with Crippen LogP contribution in [0.5, 0.6) is 0 Å². The van der Waals surface area contributed by atoms with Gasteiger partial charge in [0.25, 0.3) is 0 Å². The van der Waals surface area contributed by atoms with E-state index in [0.717, 1.165) is 25.6 Å². The molecule has 14 heavy (non-hydrogen) atoms. The van der Waals surface area contributed by atoms with E-state index in [1.165, 1.54) is 12.8 Å². The second-order valence-electron chi connectivity index (χ2n) is 3.72. The van der Waals surface area contributed by atoms with Crippen LogP contribution in [0.25, 0.3) is 0 Å². The minimum atomic E-state index is 0.695. The number of rotatable bonds is 3. The third-order valence-corrected chi connectivity index (χ3v) is 2.57. The molecular weight excluding hydrogens is 180 g/mol. The van der Waals surface area contributed by atoms with Crippen LogP contribution < -0.4 is 10.6 Å². The summed E-state index contributed by atoms with van der Waals surface area (Å²) in [4.78, 5) is 0. The molecule has 1 aromatic heterocycles. The molecule has 1 aromatic rings. The van der Waals surface area contributed by atoms with E-state index < -0.39 is 0 Å². The summed E-state index contributed by atoms with van der Waals surface area (Å²) >= 11 is 0. The Morgan fingerprint density at radius 2 is 2.57 bits per heavy atom. The summed E-state index contributed by atoms with van der Waals surface area (Å²) < 4.78 is 1.65. The summed E-state index contributed by atoms with van der Waals surface area (Å²) in [5, 5.41) is 17.8. The molecule has 1 atom stereocenters. The molecule has 2 heterocycles. The smallest absolute Gasteiger partial charge is 0.242 e. The monoisotopic (exact) mass is 196 g/mol. The fraction of sp³-hybridized carbons (Fsp3) is 0.875. The van der Waals surface area contributed by atoms with Crippen molar-refractivity contribution in [1.82, 2.24) is 25.5 Å². The summed E-state index contributed by atoms with van der Waals surface area (Å²) in [6.45, 7) is 3.20. The van der Waals surface area contributed by atoms with Gasteiger partial charge in [0.05, 0.1) is 0 Å². The molecule has 1 aliphatic rings. The maximum absolute atomic E-state index is 3.87.